The Labute approximate surface area is 125 Å². The maximum atomic E-state index is 12.5. The van der Waals surface area contributed by atoms with Crippen molar-refractivity contribution in [2.24, 2.45) is 5.73 Å². The summed E-state index contributed by atoms with van der Waals surface area (Å²) in [5, 5.41) is 8.81. The molecule has 1 atom stereocenters. The molecule has 1 aromatic carbocycles. The van der Waals surface area contributed by atoms with Gasteiger partial charge < -0.3 is 15.7 Å². The number of nitrogens with two attached hydrogens (primary N) is 1. The molecule has 0 aliphatic rings. The monoisotopic (exact) mass is 292 g/mol. The predicted octanol–water partition coefficient (Wildman–Crippen LogP) is 1.66. The van der Waals surface area contributed by atoms with E-state index in [-0.39, 0.29) is 18.9 Å². The Morgan fingerprint density at radius 1 is 1.24 bits per heavy atom. The molecular weight excluding hydrogens is 268 g/mol. The van der Waals surface area contributed by atoms with E-state index in [1.807, 2.05) is 51.1 Å². The summed E-state index contributed by atoms with van der Waals surface area (Å²) in [6, 6.07) is 8.89. The van der Waals surface area contributed by atoms with E-state index in [0.29, 0.717) is 6.42 Å². The van der Waals surface area contributed by atoms with Gasteiger partial charge in [0, 0.05) is 12.1 Å². The highest BCUT2D eigenvalue weighted by molar-refractivity contribution is 5.83. The SMILES string of the molecule is CC(C)(C)N(CCC(=O)O)C(=O)[C@@H](N)Cc1ccccc1. The Morgan fingerprint density at radius 2 is 1.81 bits per heavy atom. The van der Waals surface area contributed by atoms with Crippen molar-refractivity contribution in [3.8, 4) is 0 Å². The van der Waals surface area contributed by atoms with Crippen LogP contribution >= 0.6 is 0 Å². The van der Waals surface area contributed by atoms with Crippen LogP contribution in [0.2, 0.25) is 0 Å². The van der Waals surface area contributed by atoms with Gasteiger partial charge in [0.1, 0.15) is 0 Å². The summed E-state index contributed by atoms with van der Waals surface area (Å²) in [7, 11) is 0. The molecule has 5 nitrogen and oxygen atoms in total. The number of amides is 1. The van der Waals surface area contributed by atoms with E-state index in [4.69, 9.17) is 10.8 Å². The lowest BCUT2D eigenvalue weighted by Crippen LogP contribution is -2.53. The van der Waals surface area contributed by atoms with Crippen molar-refractivity contribution in [3.63, 3.8) is 0 Å². The van der Waals surface area contributed by atoms with Crippen LogP contribution in [0.1, 0.15) is 32.8 Å². The Kier molecular flexibility index (Phi) is 5.90. The van der Waals surface area contributed by atoms with Gasteiger partial charge in [-0.05, 0) is 32.8 Å². The molecule has 0 heterocycles. The first-order valence-corrected chi connectivity index (χ1v) is 7.04. The van der Waals surface area contributed by atoms with E-state index in [0.717, 1.165) is 5.56 Å². The first kappa shape index (κ1) is 17.2. The van der Waals surface area contributed by atoms with E-state index in [2.05, 4.69) is 0 Å². The van der Waals surface area contributed by atoms with Gasteiger partial charge in [-0.25, -0.2) is 0 Å². The summed E-state index contributed by atoms with van der Waals surface area (Å²) in [4.78, 5) is 24.8. The van der Waals surface area contributed by atoms with Gasteiger partial charge >= 0.3 is 5.97 Å². The Bertz CT molecular complexity index is 480. The summed E-state index contributed by atoms with van der Waals surface area (Å²) in [5.74, 6) is -1.14. The normalized spacial score (nSPS) is 12.8. The van der Waals surface area contributed by atoms with Crippen molar-refractivity contribution >= 4 is 11.9 Å². The Balaban J connectivity index is 2.77. The van der Waals surface area contributed by atoms with Crippen molar-refractivity contribution in [2.45, 2.75) is 45.2 Å². The second-order valence-corrected chi connectivity index (χ2v) is 6.10. The minimum absolute atomic E-state index is 0.0823. The van der Waals surface area contributed by atoms with Crippen molar-refractivity contribution in [2.75, 3.05) is 6.54 Å². The molecule has 3 N–H and O–H groups in total. The highest BCUT2D eigenvalue weighted by Gasteiger charge is 2.30. The molecule has 1 amide bonds. The molecule has 1 aromatic rings. The molecule has 0 aromatic heterocycles. The van der Waals surface area contributed by atoms with Crippen LogP contribution < -0.4 is 5.73 Å². The average molecular weight is 292 g/mol. The number of aliphatic carboxylic acids is 1. The third-order valence-corrected chi connectivity index (χ3v) is 3.24. The van der Waals surface area contributed by atoms with Crippen LogP contribution in [0.25, 0.3) is 0 Å². The molecule has 0 aliphatic heterocycles. The van der Waals surface area contributed by atoms with Crippen LogP contribution in [0.15, 0.2) is 30.3 Å². The zero-order valence-corrected chi connectivity index (χ0v) is 12.9. The summed E-state index contributed by atoms with van der Waals surface area (Å²) in [6.07, 6.45) is 0.361. The van der Waals surface area contributed by atoms with Gasteiger partial charge in [-0.2, -0.15) is 0 Å². The predicted molar refractivity (Wildman–Crippen MR) is 81.8 cm³/mol. The summed E-state index contributed by atoms with van der Waals surface area (Å²) in [6.45, 7) is 5.80. The van der Waals surface area contributed by atoms with Crippen LogP contribution in [0.4, 0.5) is 0 Å². The molecule has 5 heteroatoms. The Morgan fingerprint density at radius 3 is 2.29 bits per heavy atom. The smallest absolute Gasteiger partial charge is 0.305 e. The molecule has 0 spiro atoms. The maximum absolute atomic E-state index is 12.5. The maximum Gasteiger partial charge on any atom is 0.305 e. The van der Waals surface area contributed by atoms with Gasteiger partial charge in [-0.15, -0.1) is 0 Å². The van der Waals surface area contributed by atoms with Gasteiger partial charge in [0.15, 0.2) is 0 Å². The van der Waals surface area contributed by atoms with Gasteiger partial charge in [-0.1, -0.05) is 30.3 Å². The van der Waals surface area contributed by atoms with Crippen molar-refractivity contribution in [1.29, 1.82) is 0 Å². The third kappa shape index (κ3) is 5.55. The van der Waals surface area contributed by atoms with Crippen molar-refractivity contribution in [3.05, 3.63) is 35.9 Å². The number of carboxylic acid groups (broad SMARTS) is 1. The van der Waals surface area contributed by atoms with E-state index in [9.17, 15) is 9.59 Å². The number of hydrogen-bond acceptors (Lipinski definition) is 3. The minimum Gasteiger partial charge on any atom is -0.481 e. The molecule has 0 saturated carbocycles. The van der Waals surface area contributed by atoms with Crippen LogP contribution in [-0.4, -0.2) is 40.0 Å². The molecule has 0 fully saturated rings. The fraction of sp³-hybridized carbons (Fsp3) is 0.500. The highest BCUT2D eigenvalue weighted by atomic mass is 16.4. The fourth-order valence-corrected chi connectivity index (χ4v) is 2.14. The number of benzene rings is 1. The van der Waals surface area contributed by atoms with Crippen LogP contribution in [0.3, 0.4) is 0 Å². The van der Waals surface area contributed by atoms with Crippen molar-refractivity contribution in [1.82, 2.24) is 4.90 Å². The number of hydrogen-bond donors (Lipinski definition) is 2. The molecule has 21 heavy (non-hydrogen) atoms. The lowest BCUT2D eigenvalue weighted by atomic mass is 10.0. The third-order valence-electron chi connectivity index (χ3n) is 3.24. The first-order valence-electron chi connectivity index (χ1n) is 7.04. The molecule has 116 valence electrons. The van der Waals surface area contributed by atoms with Gasteiger partial charge in [0.2, 0.25) is 5.91 Å². The quantitative estimate of drug-likeness (QED) is 0.835. The van der Waals surface area contributed by atoms with Gasteiger partial charge in [0.05, 0.1) is 12.5 Å². The Hall–Kier alpha value is -1.88. The lowest BCUT2D eigenvalue weighted by molar-refractivity contribution is -0.141. The van der Waals surface area contributed by atoms with E-state index >= 15 is 0 Å². The first-order chi connectivity index (χ1) is 9.71. The van der Waals surface area contributed by atoms with Gasteiger partial charge in [0.25, 0.3) is 0 Å². The minimum atomic E-state index is -0.923. The number of carbonyl (C=O) groups is 2. The summed E-state index contributed by atoms with van der Waals surface area (Å²) >= 11 is 0. The highest BCUT2D eigenvalue weighted by Crippen LogP contribution is 2.16. The molecular formula is C16H24N2O3. The average Bonchev–Trinajstić information content (AvgIpc) is 2.37. The van der Waals surface area contributed by atoms with Crippen LogP contribution in [-0.2, 0) is 16.0 Å². The number of rotatable bonds is 6. The fourth-order valence-electron chi connectivity index (χ4n) is 2.14. The zero-order chi connectivity index (χ0) is 16.0. The molecule has 0 unspecified atom stereocenters. The van der Waals surface area contributed by atoms with Crippen LogP contribution in [0, 0.1) is 0 Å². The largest absolute Gasteiger partial charge is 0.481 e. The zero-order valence-electron chi connectivity index (χ0n) is 12.9. The standard InChI is InChI=1S/C16H24N2O3/c1-16(2,3)18(10-9-14(19)20)15(21)13(17)11-12-7-5-4-6-8-12/h4-8,13H,9-11,17H2,1-3H3,(H,19,20)/t13-/m0/s1. The lowest BCUT2D eigenvalue weighted by Gasteiger charge is -2.37. The molecule has 0 radical (unpaired) electrons. The number of carboxylic acids is 1. The van der Waals surface area contributed by atoms with E-state index in [1.165, 1.54) is 0 Å². The molecule has 0 aliphatic carbocycles. The van der Waals surface area contributed by atoms with Crippen LogP contribution in [0.5, 0.6) is 0 Å². The summed E-state index contributed by atoms with van der Waals surface area (Å²) in [5.41, 5.74) is 6.55. The van der Waals surface area contributed by atoms with Crippen molar-refractivity contribution < 1.29 is 14.7 Å². The van der Waals surface area contributed by atoms with E-state index in [1.54, 1.807) is 4.90 Å². The second-order valence-electron chi connectivity index (χ2n) is 6.10. The summed E-state index contributed by atoms with van der Waals surface area (Å²) < 4.78 is 0. The molecule has 0 bridgehead atoms. The topological polar surface area (TPSA) is 83.6 Å². The second kappa shape index (κ2) is 7.22. The van der Waals surface area contributed by atoms with E-state index < -0.39 is 17.6 Å². The number of nitrogens with zero attached hydrogens (tertiary/aromatic N) is 1. The molecule has 0 saturated heterocycles. The van der Waals surface area contributed by atoms with Gasteiger partial charge in [-0.3, -0.25) is 9.59 Å². The molecule has 1 rings (SSSR count). The number of carbonyl (C=O) groups excluding carboxylic acids is 1.